The first kappa shape index (κ1) is 28.3. The zero-order chi connectivity index (χ0) is 24.2. The molecule has 1 amide bonds. The topological polar surface area (TPSA) is 29.1 Å². The summed E-state index contributed by atoms with van der Waals surface area (Å²) in [4.78, 5) is 12.6. The number of amides is 1. The molecule has 2 aromatic rings. The fourth-order valence-corrected chi connectivity index (χ4v) is 13.4. The van der Waals surface area contributed by atoms with Gasteiger partial charge in [0, 0.05) is 5.02 Å². The molecule has 0 saturated heterocycles. The second-order valence-corrected chi connectivity index (χ2v) is 21.3. The van der Waals surface area contributed by atoms with Crippen LogP contribution in [0.15, 0.2) is 48.5 Å². The standard InChI is InChI=1S/C28H42BrClNOP/c1-4-7-20-33(29,21-8-5-2,22-9-6-3)23-25-10-14-26(15-11-25)28(32)31-19-18-24-12-16-27(30)17-13-24/h10-17H,4-9,18-23H2,1-3H3,(H,31,32). The molecule has 0 aliphatic rings. The van der Waals surface area contributed by atoms with Crippen LogP contribution >= 0.6 is 32.4 Å². The summed E-state index contributed by atoms with van der Waals surface area (Å²) in [7, 11) is 0. The molecule has 0 spiro atoms. The Morgan fingerprint density at radius 1 is 0.818 bits per heavy atom. The van der Waals surface area contributed by atoms with E-state index in [-0.39, 0.29) is 5.91 Å². The molecule has 184 valence electrons. The number of carbonyl (C=O) groups is 1. The molecule has 2 aromatic carbocycles. The SMILES string of the molecule is CCCCP(Br)(CCCC)(CCCC)Cc1ccc(C(=O)NCCc2ccc(Cl)cc2)cc1. The Morgan fingerprint density at radius 3 is 1.79 bits per heavy atom. The summed E-state index contributed by atoms with van der Waals surface area (Å²) in [5, 5.41) is 1.79. The van der Waals surface area contributed by atoms with Crippen LogP contribution in [0.25, 0.3) is 0 Å². The van der Waals surface area contributed by atoms with E-state index in [1.54, 1.807) is 0 Å². The Labute approximate surface area is 214 Å². The Bertz CT molecular complexity index is 829. The van der Waals surface area contributed by atoms with Crippen molar-refractivity contribution in [2.75, 3.05) is 25.0 Å². The third kappa shape index (κ3) is 9.35. The second kappa shape index (κ2) is 13.9. The van der Waals surface area contributed by atoms with Crippen molar-refractivity contribution in [3.63, 3.8) is 0 Å². The van der Waals surface area contributed by atoms with Crippen LogP contribution in [0.1, 0.15) is 80.8 Å². The fraction of sp³-hybridized carbons (Fsp3) is 0.536. The summed E-state index contributed by atoms with van der Waals surface area (Å²) in [5.74, 6) is -0.00482. The maximum absolute atomic E-state index is 12.6. The molecule has 0 aromatic heterocycles. The first-order chi connectivity index (χ1) is 15.8. The predicted molar refractivity (Wildman–Crippen MR) is 153 cm³/mol. The number of hydrogen-bond acceptors (Lipinski definition) is 1. The van der Waals surface area contributed by atoms with E-state index in [0.29, 0.717) is 6.54 Å². The van der Waals surface area contributed by atoms with Crippen molar-refractivity contribution in [2.24, 2.45) is 0 Å². The van der Waals surface area contributed by atoms with Gasteiger partial charge in [-0.1, -0.05) is 11.6 Å². The van der Waals surface area contributed by atoms with E-state index in [4.69, 9.17) is 11.6 Å². The Balaban J connectivity index is 2.05. The van der Waals surface area contributed by atoms with Crippen molar-refractivity contribution in [2.45, 2.75) is 71.9 Å². The van der Waals surface area contributed by atoms with E-state index in [0.717, 1.165) is 23.2 Å². The molecule has 0 atom stereocenters. The van der Waals surface area contributed by atoms with Gasteiger partial charge >= 0.3 is 199 Å². The Hall–Kier alpha value is -0.890. The average Bonchev–Trinajstić information content (AvgIpc) is 2.82. The van der Waals surface area contributed by atoms with Crippen molar-refractivity contribution in [3.05, 3.63) is 70.2 Å². The van der Waals surface area contributed by atoms with Crippen molar-refractivity contribution in [1.82, 2.24) is 5.32 Å². The zero-order valence-electron chi connectivity index (χ0n) is 20.7. The number of hydrogen-bond donors (Lipinski definition) is 1. The predicted octanol–water partition coefficient (Wildman–Crippen LogP) is 9.08. The van der Waals surface area contributed by atoms with Gasteiger partial charge in [-0.3, -0.25) is 0 Å². The van der Waals surface area contributed by atoms with Gasteiger partial charge < -0.3 is 0 Å². The van der Waals surface area contributed by atoms with Gasteiger partial charge in [0.2, 0.25) is 0 Å². The number of benzene rings is 2. The van der Waals surface area contributed by atoms with Crippen LogP contribution in [-0.4, -0.2) is 30.9 Å². The number of carbonyl (C=O) groups excluding carboxylic acids is 1. The van der Waals surface area contributed by atoms with E-state index in [1.807, 2.05) is 36.4 Å². The van der Waals surface area contributed by atoms with E-state index in [9.17, 15) is 4.79 Å². The summed E-state index contributed by atoms with van der Waals surface area (Å²) >= 11 is 10.4. The number of rotatable bonds is 15. The Morgan fingerprint density at radius 2 is 1.30 bits per heavy atom. The quantitative estimate of drug-likeness (QED) is 0.219. The summed E-state index contributed by atoms with van der Waals surface area (Å²) < 4.78 is 0. The van der Waals surface area contributed by atoms with Crippen LogP contribution in [0.5, 0.6) is 0 Å². The molecular formula is C28H42BrClNOP. The van der Waals surface area contributed by atoms with Crippen LogP contribution in [0, 0.1) is 0 Å². The van der Waals surface area contributed by atoms with E-state index >= 15 is 0 Å². The van der Waals surface area contributed by atoms with Gasteiger partial charge in [-0.25, -0.2) is 0 Å². The molecule has 33 heavy (non-hydrogen) atoms. The van der Waals surface area contributed by atoms with Gasteiger partial charge in [-0.15, -0.1) is 0 Å². The molecule has 0 radical (unpaired) electrons. The van der Waals surface area contributed by atoms with Gasteiger partial charge in [0.05, 0.1) is 0 Å². The third-order valence-corrected chi connectivity index (χ3v) is 16.3. The van der Waals surface area contributed by atoms with Gasteiger partial charge in [0.1, 0.15) is 0 Å². The molecular weight excluding hydrogens is 513 g/mol. The van der Waals surface area contributed by atoms with E-state index in [1.165, 1.54) is 68.1 Å². The van der Waals surface area contributed by atoms with Crippen molar-refractivity contribution >= 4 is 38.3 Å². The third-order valence-electron chi connectivity index (χ3n) is 6.62. The van der Waals surface area contributed by atoms with Crippen molar-refractivity contribution in [3.8, 4) is 0 Å². The van der Waals surface area contributed by atoms with Gasteiger partial charge in [-0.2, -0.15) is 0 Å². The summed E-state index contributed by atoms with van der Waals surface area (Å²) in [5.41, 5.74) is 3.27. The van der Waals surface area contributed by atoms with Crippen molar-refractivity contribution in [1.29, 1.82) is 0 Å². The van der Waals surface area contributed by atoms with Crippen LogP contribution in [-0.2, 0) is 12.6 Å². The van der Waals surface area contributed by atoms with Gasteiger partial charge in [0.25, 0.3) is 0 Å². The molecule has 0 heterocycles. The molecule has 0 aliphatic carbocycles. The second-order valence-electron chi connectivity index (χ2n) is 9.54. The fourth-order valence-electron chi connectivity index (χ4n) is 4.52. The Kier molecular flexibility index (Phi) is 11.9. The van der Waals surface area contributed by atoms with Crippen LogP contribution in [0.4, 0.5) is 0 Å². The summed E-state index contributed by atoms with van der Waals surface area (Å²) in [6.45, 7) is 7.52. The molecule has 5 heteroatoms. The van der Waals surface area contributed by atoms with Crippen LogP contribution in [0.3, 0.4) is 0 Å². The molecule has 0 fully saturated rings. The van der Waals surface area contributed by atoms with E-state index < -0.39 is 5.31 Å². The maximum atomic E-state index is 12.6. The van der Waals surface area contributed by atoms with Gasteiger partial charge in [0.15, 0.2) is 0 Å². The molecule has 1 N–H and O–H groups in total. The first-order valence-corrected chi connectivity index (χ1v) is 18.0. The van der Waals surface area contributed by atoms with Crippen molar-refractivity contribution < 1.29 is 4.79 Å². The van der Waals surface area contributed by atoms with E-state index in [2.05, 4.69) is 53.7 Å². The average molecular weight is 555 g/mol. The summed E-state index contributed by atoms with van der Waals surface area (Å²) in [6, 6.07) is 16.1. The number of unbranched alkanes of at least 4 members (excludes halogenated alkanes) is 3. The molecule has 2 rings (SSSR count). The zero-order valence-corrected chi connectivity index (χ0v) is 24.0. The molecule has 2 nitrogen and oxygen atoms in total. The minimum absolute atomic E-state index is 0.00482. The number of nitrogens with one attached hydrogen (secondary N) is 1. The number of halogens is 2. The molecule has 0 aliphatic heterocycles. The van der Waals surface area contributed by atoms with Crippen LogP contribution < -0.4 is 5.32 Å². The monoisotopic (exact) mass is 553 g/mol. The normalized spacial score (nSPS) is 12.8. The van der Waals surface area contributed by atoms with Crippen LogP contribution in [0.2, 0.25) is 5.02 Å². The summed E-state index contributed by atoms with van der Waals surface area (Å²) in [6.07, 6.45) is 13.6. The molecule has 0 unspecified atom stereocenters. The first-order valence-electron chi connectivity index (χ1n) is 12.7. The molecule has 0 bridgehead atoms. The van der Waals surface area contributed by atoms with Gasteiger partial charge in [-0.05, 0) is 0 Å². The molecule has 0 saturated carbocycles. The minimum atomic E-state index is -2.00.